The number of benzene rings is 1. The molecule has 8 heteroatoms. The lowest BCUT2D eigenvalue weighted by atomic mass is 10.1. The Balaban J connectivity index is 2.26. The Bertz CT molecular complexity index is 942. The van der Waals surface area contributed by atoms with E-state index >= 15 is 0 Å². The van der Waals surface area contributed by atoms with Gasteiger partial charge in [0.2, 0.25) is 0 Å². The van der Waals surface area contributed by atoms with Crippen molar-refractivity contribution in [3.05, 3.63) is 52.5 Å². The summed E-state index contributed by atoms with van der Waals surface area (Å²) < 4.78 is 29.0. The van der Waals surface area contributed by atoms with Gasteiger partial charge in [-0.1, -0.05) is 6.07 Å². The van der Waals surface area contributed by atoms with Gasteiger partial charge in [0.25, 0.3) is 5.91 Å². The maximum Gasteiger partial charge on any atom is 0.339 e. The van der Waals surface area contributed by atoms with E-state index in [1.807, 2.05) is 0 Å². The number of sulfone groups is 1. The van der Waals surface area contributed by atoms with Crippen LogP contribution in [0.25, 0.3) is 0 Å². The Kier molecular flexibility index (Phi) is 5.03. The number of aromatic carboxylic acids is 1. The normalized spacial score (nSPS) is 11.4. The summed E-state index contributed by atoms with van der Waals surface area (Å²) in [4.78, 5) is 25.0. The number of furan rings is 1. The van der Waals surface area contributed by atoms with Gasteiger partial charge in [-0.15, -0.1) is 0 Å². The Hall–Kier alpha value is -2.61. The monoisotopic (exact) mass is 365 g/mol. The topological polar surface area (TPSA) is 105 Å². The van der Waals surface area contributed by atoms with Gasteiger partial charge >= 0.3 is 5.97 Å². The Morgan fingerprint density at radius 3 is 2.36 bits per heavy atom. The highest BCUT2D eigenvalue weighted by atomic mass is 32.2. The number of rotatable bonds is 5. The fourth-order valence-electron chi connectivity index (χ4n) is 2.49. The van der Waals surface area contributed by atoms with Crippen LogP contribution in [0.5, 0.6) is 0 Å². The summed E-state index contributed by atoms with van der Waals surface area (Å²) in [5, 5.41) is 9.04. The third-order valence-electron chi connectivity index (χ3n) is 3.77. The summed E-state index contributed by atoms with van der Waals surface area (Å²) in [6, 6.07) is 5.86. The summed E-state index contributed by atoms with van der Waals surface area (Å²) in [5.41, 5.74) is 0.843. The van der Waals surface area contributed by atoms with Crippen LogP contribution < -0.4 is 0 Å². The van der Waals surface area contributed by atoms with Crippen molar-refractivity contribution in [2.24, 2.45) is 0 Å². The predicted molar refractivity (Wildman–Crippen MR) is 90.5 cm³/mol. The number of aryl methyl sites for hydroxylation is 2. The average molecular weight is 365 g/mol. The van der Waals surface area contributed by atoms with Crippen LogP contribution in [0, 0.1) is 13.8 Å². The zero-order chi connectivity index (χ0) is 18.9. The first kappa shape index (κ1) is 18.7. The van der Waals surface area contributed by atoms with E-state index in [0.29, 0.717) is 11.3 Å². The molecular formula is C17H19NO6S. The van der Waals surface area contributed by atoms with Gasteiger partial charge in [0.1, 0.15) is 17.1 Å². The van der Waals surface area contributed by atoms with Gasteiger partial charge in [-0.25, -0.2) is 13.2 Å². The van der Waals surface area contributed by atoms with Gasteiger partial charge in [0.15, 0.2) is 9.84 Å². The van der Waals surface area contributed by atoms with Crippen LogP contribution in [0.1, 0.15) is 37.8 Å². The summed E-state index contributed by atoms with van der Waals surface area (Å²) >= 11 is 0. The number of carboxylic acids is 1. The lowest BCUT2D eigenvalue weighted by Gasteiger charge is -2.16. The van der Waals surface area contributed by atoms with Gasteiger partial charge in [-0.2, -0.15) is 0 Å². The Morgan fingerprint density at radius 2 is 1.84 bits per heavy atom. The lowest BCUT2D eigenvalue weighted by Crippen LogP contribution is -2.26. The van der Waals surface area contributed by atoms with Crippen LogP contribution in [0.4, 0.5) is 0 Å². The smallest absolute Gasteiger partial charge is 0.339 e. The molecule has 0 atom stereocenters. The molecule has 0 radical (unpaired) electrons. The minimum absolute atomic E-state index is 0.0468. The zero-order valence-corrected chi connectivity index (χ0v) is 15.2. The molecule has 1 heterocycles. The molecule has 0 aliphatic carbocycles. The second-order valence-corrected chi connectivity index (χ2v) is 7.89. The number of carbonyl (C=O) groups excluding carboxylic acids is 1. The molecule has 134 valence electrons. The van der Waals surface area contributed by atoms with Crippen LogP contribution in [-0.2, 0) is 16.4 Å². The molecule has 1 amide bonds. The van der Waals surface area contributed by atoms with E-state index in [0.717, 1.165) is 6.26 Å². The Morgan fingerprint density at radius 1 is 1.20 bits per heavy atom. The minimum atomic E-state index is -3.44. The van der Waals surface area contributed by atoms with Gasteiger partial charge in [-0.05, 0) is 37.6 Å². The summed E-state index contributed by atoms with van der Waals surface area (Å²) in [7, 11) is -1.91. The van der Waals surface area contributed by atoms with Crippen molar-refractivity contribution in [1.82, 2.24) is 4.90 Å². The SMILES string of the molecule is Cc1ccc(C(=O)N(C)Cc2cc(C(=O)O)c(C)o2)cc1S(C)(=O)=O. The van der Waals surface area contributed by atoms with Crippen molar-refractivity contribution in [2.45, 2.75) is 25.3 Å². The molecule has 0 aliphatic rings. The third-order valence-corrected chi connectivity index (χ3v) is 5.01. The van der Waals surface area contributed by atoms with Crippen LogP contribution in [0.3, 0.4) is 0 Å². The Labute approximate surface area is 145 Å². The molecule has 2 rings (SSSR count). The minimum Gasteiger partial charge on any atom is -0.478 e. The summed E-state index contributed by atoms with van der Waals surface area (Å²) in [6.45, 7) is 3.26. The maximum absolute atomic E-state index is 12.5. The fraction of sp³-hybridized carbons (Fsp3) is 0.294. The average Bonchev–Trinajstić information content (AvgIpc) is 2.86. The molecule has 0 saturated heterocycles. The van der Waals surface area contributed by atoms with Gasteiger partial charge in [0, 0.05) is 18.9 Å². The van der Waals surface area contributed by atoms with Crippen LogP contribution in [0.2, 0.25) is 0 Å². The molecule has 1 N–H and O–H groups in total. The van der Waals surface area contributed by atoms with Crippen molar-refractivity contribution in [3.63, 3.8) is 0 Å². The van der Waals surface area contributed by atoms with Gasteiger partial charge in [-0.3, -0.25) is 4.79 Å². The maximum atomic E-state index is 12.5. The molecule has 2 aromatic rings. The molecule has 0 fully saturated rings. The van der Waals surface area contributed by atoms with E-state index in [-0.39, 0.29) is 28.3 Å². The third kappa shape index (κ3) is 4.08. The number of nitrogens with zero attached hydrogens (tertiary/aromatic N) is 1. The number of carboxylic acid groups (broad SMARTS) is 1. The van der Waals surface area contributed by atoms with E-state index in [2.05, 4.69) is 0 Å². The summed E-state index contributed by atoms with van der Waals surface area (Å²) in [5.74, 6) is -0.895. The highest BCUT2D eigenvalue weighted by Crippen LogP contribution is 2.20. The molecule has 7 nitrogen and oxygen atoms in total. The number of carbonyl (C=O) groups is 2. The van der Waals surface area contributed by atoms with Crippen LogP contribution >= 0.6 is 0 Å². The van der Waals surface area contributed by atoms with E-state index in [1.54, 1.807) is 19.1 Å². The fourth-order valence-corrected chi connectivity index (χ4v) is 3.49. The van der Waals surface area contributed by atoms with Gasteiger partial charge in [0.05, 0.1) is 11.4 Å². The van der Waals surface area contributed by atoms with Crippen molar-refractivity contribution >= 4 is 21.7 Å². The molecule has 1 aromatic carbocycles. The van der Waals surface area contributed by atoms with Crippen molar-refractivity contribution in [2.75, 3.05) is 13.3 Å². The van der Waals surface area contributed by atoms with Crippen molar-refractivity contribution < 1.29 is 27.5 Å². The van der Waals surface area contributed by atoms with Crippen molar-refractivity contribution in [1.29, 1.82) is 0 Å². The first-order valence-electron chi connectivity index (χ1n) is 7.39. The molecule has 0 spiro atoms. The largest absolute Gasteiger partial charge is 0.478 e. The highest BCUT2D eigenvalue weighted by molar-refractivity contribution is 7.90. The second-order valence-electron chi connectivity index (χ2n) is 5.90. The van der Waals surface area contributed by atoms with Crippen LogP contribution in [0.15, 0.2) is 33.6 Å². The molecule has 0 unspecified atom stereocenters. The summed E-state index contributed by atoms with van der Waals surface area (Å²) in [6.07, 6.45) is 1.09. The standard InChI is InChI=1S/C17H19NO6S/c1-10-5-6-12(7-15(10)25(4,22)23)16(19)18(3)9-13-8-14(17(20)21)11(2)24-13/h5-8H,9H2,1-4H3,(H,20,21). The number of hydrogen-bond donors (Lipinski definition) is 1. The number of amides is 1. The number of hydrogen-bond acceptors (Lipinski definition) is 5. The predicted octanol–water partition coefficient (Wildman–Crippen LogP) is 2.27. The van der Waals surface area contributed by atoms with E-state index in [4.69, 9.17) is 9.52 Å². The molecule has 1 aromatic heterocycles. The zero-order valence-electron chi connectivity index (χ0n) is 14.4. The first-order valence-corrected chi connectivity index (χ1v) is 9.28. The molecule has 25 heavy (non-hydrogen) atoms. The van der Waals surface area contributed by atoms with Crippen molar-refractivity contribution in [3.8, 4) is 0 Å². The molecular weight excluding hydrogens is 346 g/mol. The second kappa shape index (κ2) is 6.72. The van der Waals surface area contributed by atoms with E-state index in [1.165, 1.54) is 31.0 Å². The molecule has 0 bridgehead atoms. The first-order chi connectivity index (χ1) is 11.5. The lowest BCUT2D eigenvalue weighted by molar-refractivity contribution is 0.0694. The molecule has 0 saturated carbocycles. The highest BCUT2D eigenvalue weighted by Gasteiger charge is 2.20. The van der Waals surface area contributed by atoms with Gasteiger partial charge < -0.3 is 14.4 Å². The molecule has 0 aliphatic heterocycles. The van der Waals surface area contributed by atoms with E-state index in [9.17, 15) is 18.0 Å². The van der Waals surface area contributed by atoms with Crippen LogP contribution in [-0.4, -0.2) is 43.6 Å². The van der Waals surface area contributed by atoms with E-state index < -0.39 is 21.7 Å². The quantitative estimate of drug-likeness (QED) is 0.871.